The minimum absolute atomic E-state index is 0.0953. The molecule has 0 bridgehead atoms. The molecule has 190 valence electrons. The van der Waals surface area contributed by atoms with Gasteiger partial charge < -0.3 is 10.1 Å². The van der Waals surface area contributed by atoms with Crippen molar-refractivity contribution in [3.8, 4) is 5.75 Å². The van der Waals surface area contributed by atoms with Crippen molar-refractivity contribution in [3.63, 3.8) is 0 Å². The predicted molar refractivity (Wildman–Crippen MR) is 133 cm³/mol. The normalized spacial score (nSPS) is 17.9. The van der Waals surface area contributed by atoms with Crippen LogP contribution in [-0.4, -0.2) is 64.6 Å². The second-order valence-corrected chi connectivity index (χ2v) is 12.7. The summed E-state index contributed by atoms with van der Waals surface area (Å²) in [4.78, 5) is 13.0. The predicted octanol–water partition coefficient (Wildman–Crippen LogP) is 3.05. The van der Waals surface area contributed by atoms with Crippen molar-refractivity contribution in [2.75, 3.05) is 38.6 Å². The molecule has 0 aliphatic carbocycles. The zero-order valence-electron chi connectivity index (χ0n) is 19.8. The van der Waals surface area contributed by atoms with Crippen molar-refractivity contribution in [3.05, 3.63) is 53.6 Å². The summed E-state index contributed by atoms with van der Waals surface area (Å²) in [6, 6.07) is 10.8. The Kier molecular flexibility index (Phi) is 7.80. The van der Waals surface area contributed by atoms with Crippen molar-refractivity contribution in [2.24, 2.45) is 0 Å². The first-order chi connectivity index (χ1) is 16.7. The summed E-state index contributed by atoms with van der Waals surface area (Å²) >= 11 is 0. The average molecular weight is 522 g/mol. The minimum Gasteiger partial charge on any atom is -0.495 e. The molecule has 0 atom stereocenters. The van der Waals surface area contributed by atoms with Crippen molar-refractivity contribution < 1.29 is 26.4 Å². The van der Waals surface area contributed by atoms with E-state index in [2.05, 4.69) is 5.32 Å². The molecule has 0 saturated carbocycles. The number of nitrogens with zero attached hydrogens (tertiary/aromatic N) is 2. The smallest absolute Gasteiger partial charge is 0.255 e. The van der Waals surface area contributed by atoms with Crippen molar-refractivity contribution in [1.82, 2.24) is 8.61 Å². The maximum atomic E-state index is 13.1. The van der Waals surface area contributed by atoms with Crippen LogP contribution in [0, 0.1) is 0 Å². The Labute approximate surface area is 207 Å². The van der Waals surface area contributed by atoms with E-state index in [0.717, 1.165) is 32.1 Å². The summed E-state index contributed by atoms with van der Waals surface area (Å²) in [5.41, 5.74) is 1.16. The van der Waals surface area contributed by atoms with Crippen molar-refractivity contribution in [1.29, 1.82) is 0 Å². The number of carbonyl (C=O) groups excluding carboxylic acids is 1. The van der Waals surface area contributed by atoms with Gasteiger partial charge in [-0.1, -0.05) is 18.6 Å². The number of methoxy groups -OCH3 is 1. The van der Waals surface area contributed by atoms with Gasteiger partial charge in [0, 0.05) is 31.7 Å². The highest BCUT2D eigenvalue weighted by atomic mass is 32.2. The third-order valence-corrected chi connectivity index (χ3v) is 10.1. The summed E-state index contributed by atoms with van der Waals surface area (Å²) < 4.78 is 59.5. The van der Waals surface area contributed by atoms with Gasteiger partial charge in [0.15, 0.2) is 0 Å². The molecule has 2 aromatic rings. The van der Waals surface area contributed by atoms with Gasteiger partial charge in [-0.3, -0.25) is 4.79 Å². The van der Waals surface area contributed by atoms with Crippen LogP contribution in [0.5, 0.6) is 5.75 Å². The summed E-state index contributed by atoms with van der Waals surface area (Å²) in [5.74, 6) is -0.229. The average Bonchev–Trinajstić information content (AvgIpc) is 3.41. The van der Waals surface area contributed by atoms with Gasteiger partial charge in [-0.15, -0.1) is 0 Å². The van der Waals surface area contributed by atoms with E-state index >= 15 is 0 Å². The summed E-state index contributed by atoms with van der Waals surface area (Å²) in [7, 11) is -5.61. The maximum Gasteiger partial charge on any atom is 0.255 e. The van der Waals surface area contributed by atoms with Crippen molar-refractivity contribution >= 4 is 31.6 Å². The summed E-state index contributed by atoms with van der Waals surface area (Å²) in [6.07, 6.45) is 4.42. The van der Waals surface area contributed by atoms with E-state index in [1.54, 1.807) is 24.3 Å². The number of ether oxygens (including phenoxy) is 1. The number of benzene rings is 2. The SMILES string of the molecule is COc1ccc(S(=O)(=O)N2CCCCC2)cc1NC(=O)c1ccc(CS(=O)(=O)N2CCCC2)cc1. The molecule has 0 spiro atoms. The van der Waals surface area contributed by atoms with E-state index < -0.39 is 26.0 Å². The Balaban J connectivity index is 1.49. The lowest BCUT2D eigenvalue weighted by molar-refractivity contribution is 0.102. The lowest BCUT2D eigenvalue weighted by atomic mass is 10.1. The van der Waals surface area contributed by atoms with E-state index in [1.165, 1.54) is 33.9 Å². The Bertz CT molecular complexity index is 1260. The van der Waals surface area contributed by atoms with Gasteiger partial charge in [-0.05, 0) is 61.6 Å². The van der Waals surface area contributed by atoms with Gasteiger partial charge in [0.1, 0.15) is 5.75 Å². The molecule has 0 aromatic heterocycles. The zero-order valence-corrected chi connectivity index (χ0v) is 21.4. The van der Waals surface area contributed by atoms with Crippen LogP contribution in [0.3, 0.4) is 0 Å². The maximum absolute atomic E-state index is 13.1. The Morgan fingerprint density at radius 3 is 2.09 bits per heavy atom. The Morgan fingerprint density at radius 2 is 1.46 bits per heavy atom. The molecule has 2 saturated heterocycles. The molecule has 9 nitrogen and oxygen atoms in total. The minimum atomic E-state index is -3.67. The number of sulfonamides is 2. The molecule has 0 unspecified atom stereocenters. The number of carbonyl (C=O) groups is 1. The van der Waals surface area contributed by atoms with E-state index in [0.29, 0.717) is 43.1 Å². The van der Waals surface area contributed by atoms with Gasteiger partial charge in [-0.25, -0.2) is 21.1 Å². The van der Waals surface area contributed by atoms with Gasteiger partial charge in [0.25, 0.3) is 5.91 Å². The monoisotopic (exact) mass is 521 g/mol. The van der Waals surface area contributed by atoms with Gasteiger partial charge in [0.05, 0.1) is 23.4 Å². The fraction of sp³-hybridized carbons (Fsp3) is 0.458. The van der Waals surface area contributed by atoms with Crippen LogP contribution in [0.4, 0.5) is 5.69 Å². The zero-order chi connectivity index (χ0) is 25.1. The molecule has 35 heavy (non-hydrogen) atoms. The van der Waals surface area contributed by atoms with Crippen LogP contribution in [-0.2, 0) is 25.8 Å². The largest absolute Gasteiger partial charge is 0.495 e. The molecule has 1 amide bonds. The second kappa shape index (κ2) is 10.7. The molecule has 2 aliphatic heterocycles. The molecule has 0 radical (unpaired) electrons. The van der Waals surface area contributed by atoms with E-state index in [4.69, 9.17) is 4.74 Å². The standard InChI is InChI=1S/C24H31N3O6S2/c1-33-23-12-11-21(35(31,32)27-15-3-2-4-16-27)17-22(23)25-24(28)20-9-7-19(8-10-20)18-34(29,30)26-13-5-6-14-26/h7-12,17H,2-6,13-16,18H2,1H3,(H,25,28). The molecular formula is C24H31N3O6S2. The first-order valence-electron chi connectivity index (χ1n) is 11.8. The second-order valence-electron chi connectivity index (χ2n) is 8.84. The lowest BCUT2D eigenvalue weighted by Crippen LogP contribution is -2.35. The molecule has 1 N–H and O–H groups in total. The van der Waals surface area contributed by atoms with Gasteiger partial charge in [0.2, 0.25) is 20.0 Å². The fourth-order valence-corrected chi connectivity index (χ4v) is 7.57. The van der Waals surface area contributed by atoms with Crippen LogP contribution >= 0.6 is 0 Å². The van der Waals surface area contributed by atoms with E-state index in [9.17, 15) is 21.6 Å². The number of hydrogen-bond donors (Lipinski definition) is 1. The molecule has 2 aromatic carbocycles. The van der Waals surface area contributed by atoms with E-state index in [-0.39, 0.29) is 16.3 Å². The summed E-state index contributed by atoms with van der Waals surface area (Å²) in [6.45, 7) is 2.07. The highest BCUT2D eigenvalue weighted by Gasteiger charge is 2.27. The highest BCUT2D eigenvalue weighted by Crippen LogP contribution is 2.30. The first kappa shape index (κ1) is 25.6. The van der Waals surface area contributed by atoms with Crippen LogP contribution < -0.4 is 10.1 Å². The van der Waals surface area contributed by atoms with Crippen LogP contribution in [0.25, 0.3) is 0 Å². The number of nitrogens with one attached hydrogen (secondary N) is 1. The van der Waals surface area contributed by atoms with Crippen LogP contribution in [0.2, 0.25) is 0 Å². The van der Waals surface area contributed by atoms with Crippen LogP contribution in [0.15, 0.2) is 47.4 Å². The molecule has 2 fully saturated rings. The number of piperidine rings is 1. The molecule has 4 rings (SSSR count). The van der Waals surface area contributed by atoms with Gasteiger partial charge >= 0.3 is 0 Å². The third-order valence-electron chi connectivity index (χ3n) is 6.40. The number of rotatable bonds is 8. The van der Waals surface area contributed by atoms with Crippen LogP contribution in [0.1, 0.15) is 48.0 Å². The molecular weight excluding hydrogens is 490 g/mol. The van der Waals surface area contributed by atoms with Crippen molar-refractivity contribution in [2.45, 2.75) is 42.8 Å². The summed E-state index contributed by atoms with van der Waals surface area (Å²) in [5, 5.41) is 2.73. The van der Waals surface area contributed by atoms with E-state index in [1.807, 2.05) is 0 Å². The Hall–Kier alpha value is -2.47. The number of anilines is 1. The Morgan fingerprint density at radius 1 is 0.857 bits per heavy atom. The highest BCUT2D eigenvalue weighted by molar-refractivity contribution is 7.89. The molecule has 2 heterocycles. The first-order valence-corrected chi connectivity index (χ1v) is 14.8. The molecule has 11 heteroatoms. The third kappa shape index (κ3) is 5.85. The number of amides is 1. The topological polar surface area (TPSA) is 113 Å². The number of hydrogen-bond acceptors (Lipinski definition) is 6. The lowest BCUT2D eigenvalue weighted by Gasteiger charge is -2.26. The quantitative estimate of drug-likeness (QED) is 0.571. The molecule has 2 aliphatic rings. The fourth-order valence-electron chi connectivity index (χ4n) is 4.41. The van der Waals surface area contributed by atoms with Gasteiger partial charge in [-0.2, -0.15) is 4.31 Å².